The fraction of sp³-hybridized carbons (Fsp3) is 0.500. The summed E-state index contributed by atoms with van der Waals surface area (Å²) in [4.78, 5) is 12.0. The molecule has 21 heavy (non-hydrogen) atoms. The van der Waals surface area contributed by atoms with Crippen LogP contribution in [-0.2, 0) is 10.0 Å². The average molecular weight is 311 g/mol. The molecule has 2 rings (SSSR count). The van der Waals surface area contributed by atoms with Gasteiger partial charge in [-0.3, -0.25) is 4.79 Å². The minimum Gasteiger partial charge on any atom is -0.352 e. The Hall–Kier alpha value is -1.44. The van der Waals surface area contributed by atoms with Crippen molar-refractivity contribution in [3.63, 3.8) is 0 Å². The van der Waals surface area contributed by atoms with Gasteiger partial charge in [0.25, 0.3) is 5.91 Å². The van der Waals surface area contributed by atoms with Crippen LogP contribution in [0.4, 0.5) is 0 Å². The number of hydrogen-bond acceptors (Lipinski definition) is 4. The van der Waals surface area contributed by atoms with Crippen molar-refractivity contribution in [2.75, 3.05) is 19.6 Å². The Morgan fingerprint density at radius 3 is 2.76 bits per heavy atom. The maximum Gasteiger partial charge on any atom is 0.251 e. The number of sulfonamides is 1. The van der Waals surface area contributed by atoms with Crippen LogP contribution in [0, 0.1) is 5.92 Å². The van der Waals surface area contributed by atoms with Gasteiger partial charge in [-0.1, -0.05) is 6.07 Å². The lowest BCUT2D eigenvalue weighted by atomic mass is 10.2. The molecular weight excluding hydrogens is 290 g/mol. The van der Waals surface area contributed by atoms with Crippen LogP contribution in [0.5, 0.6) is 0 Å². The SMILES string of the molecule is NCCCNC(=O)c1cccc(S(=O)(=O)NCC2CC2)c1. The molecule has 116 valence electrons. The lowest BCUT2D eigenvalue weighted by Gasteiger charge is -2.08. The van der Waals surface area contributed by atoms with E-state index >= 15 is 0 Å². The van der Waals surface area contributed by atoms with Gasteiger partial charge in [-0.2, -0.15) is 0 Å². The number of carbonyl (C=O) groups is 1. The molecule has 0 aromatic heterocycles. The molecule has 0 unspecified atom stereocenters. The normalized spacial score (nSPS) is 14.9. The Morgan fingerprint density at radius 1 is 1.33 bits per heavy atom. The predicted octanol–water partition coefficient (Wildman–Crippen LogP) is 0.453. The summed E-state index contributed by atoms with van der Waals surface area (Å²) < 4.78 is 26.9. The molecule has 0 atom stereocenters. The van der Waals surface area contributed by atoms with E-state index < -0.39 is 10.0 Å². The molecule has 1 aliphatic rings. The number of amides is 1. The van der Waals surface area contributed by atoms with Crippen molar-refractivity contribution in [1.29, 1.82) is 0 Å². The second-order valence-electron chi connectivity index (χ2n) is 5.22. The van der Waals surface area contributed by atoms with E-state index in [0.717, 1.165) is 12.8 Å². The highest BCUT2D eigenvalue weighted by atomic mass is 32.2. The van der Waals surface area contributed by atoms with Crippen LogP contribution in [-0.4, -0.2) is 34.0 Å². The summed E-state index contributed by atoms with van der Waals surface area (Å²) in [5, 5.41) is 2.70. The quantitative estimate of drug-likeness (QED) is 0.607. The molecule has 1 fully saturated rings. The Morgan fingerprint density at radius 2 is 2.10 bits per heavy atom. The van der Waals surface area contributed by atoms with E-state index in [1.807, 2.05) is 0 Å². The Kier molecular flexibility index (Phi) is 5.33. The molecular formula is C14H21N3O3S. The smallest absolute Gasteiger partial charge is 0.251 e. The summed E-state index contributed by atoms with van der Waals surface area (Å²) in [5.74, 6) is 0.171. The summed E-state index contributed by atoms with van der Waals surface area (Å²) in [5.41, 5.74) is 5.69. The minimum absolute atomic E-state index is 0.120. The lowest BCUT2D eigenvalue weighted by molar-refractivity contribution is 0.0953. The zero-order valence-corrected chi connectivity index (χ0v) is 12.7. The Balaban J connectivity index is 2.03. The fourth-order valence-corrected chi connectivity index (χ4v) is 3.01. The first-order valence-electron chi connectivity index (χ1n) is 7.11. The standard InChI is InChI=1S/C14H21N3O3S/c15-7-2-8-16-14(18)12-3-1-4-13(9-12)21(19,20)17-10-11-5-6-11/h1,3-4,9,11,17H,2,5-8,10,15H2,(H,16,18). The van der Waals surface area contributed by atoms with Gasteiger partial charge in [-0.25, -0.2) is 13.1 Å². The van der Waals surface area contributed by atoms with Crippen molar-refractivity contribution < 1.29 is 13.2 Å². The van der Waals surface area contributed by atoms with E-state index in [1.165, 1.54) is 12.1 Å². The molecule has 1 aliphatic carbocycles. The molecule has 0 aliphatic heterocycles. The van der Waals surface area contributed by atoms with Crippen molar-refractivity contribution in [2.45, 2.75) is 24.2 Å². The van der Waals surface area contributed by atoms with E-state index in [0.29, 0.717) is 37.5 Å². The highest BCUT2D eigenvalue weighted by molar-refractivity contribution is 7.89. The molecule has 4 N–H and O–H groups in total. The van der Waals surface area contributed by atoms with Gasteiger partial charge in [0.2, 0.25) is 10.0 Å². The monoisotopic (exact) mass is 311 g/mol. The number of carbonyl (C=O) groups excluding carboxylic acids is 1. The molecule has 1 saturated carbocycles. The van der Waals surface area contributed by atoms with Crippen LogP contribution in [0.1, 0.15) is 29.6 Å². The van der Waals surface area contributed by atoms with Gasteiger partial charge in [-0.05, 0) is 49.9 Å². The van der Waals surface area contributed by atoms with Crippen LogP contribution in [0.15, 0.2) is 29.2 Å². The highest BCUT2D eigenvalue weighted by Gasteiger charge is 2.24. The molecule has 0 heterocycles. The number of nitrogens with two attached hydrogens (primary N) is 1. The lowest BCUT2D eigenvalue weighted by Crippen LogP contribution is -2.28. The van der Waals surface area contributed by atoms with Crippen molar-refractivity contribution in [2.24, 2.45) is 11.7 Å². The molecule has 0 spiro atoms. The third-order valence-electron chi connectivity index (χ3n) is 3.33. The highest BCUT2D eigenvalue weighted by Crippen LogP contribution is 2.28. The van der Waals surface area contributed by atoms with Crippen molar-refractivity contribution in [1.82, 2.24) is 10.0 Å². The van der Waals surface area contributed by atoms with Crippen LogP contribution in [0.2, 0.25) is 0 Å². The van der Waals surface area contributed by atoms with Gasteiger partial charge >= 0.3 is 0 Å². The van der Waals surface area contributed by atoms with Gasteiger partial charge < -0.3 is 11.1 Å². The van der Waals surface area contributed by atoms with Gasteiger partial charge in [0.05, 0.1) is 4.90 Å². The van der Waals surface area contributed by atoms with Crippen molar-refractivity contribution in [3.05, 3.63) is 29.8 Å². The molecule has 0 bridgehead atoms. The molecule has 0 saturated heterocycles. The average Bonchev–Trinajstić information content (AvgIpc) is 3.30. The van der Waals surface area contributed by atoms with Crippen molar-refractivity contribution >= 4 is 15.9 Å². The zero-order valence-electron chi connectivity index (χ0n) is 11.8. The Bertz CT molecular complexity index is 597. The summed E-state index contributed by atoms with van der Waals surface area (Å²) in [7, 11) is -3.55. The number of hydrogen-bond donors (Lipinski definition) is 3. The van der Waals surface area contributed by atoms with Crippen LogP contribution in [0.25, 0.3) is 0 Å². The van der Waals surface area contributed by atoms with Gasteiger partial charge in [-0.15, -0.1) is 0 Å². The summed E-state index contributed by atoms with van der Waals surface area (Å²) >= 11 is 0. The topological polar surface area (TPSA) is 101 Å². The fourth-order valence-electron chi connectivity index (χ4n) is 1.84. The second kappa shape index (κ2) is 7.02. The molecule has 1 aromatic carbocycles. The van der Waals surface area contributed by atoms with Gasteiger partial charge in [0, 0.05) is 18.7 Å². The van der Waals surface area contributed by atoms with Crippen LogP contribution < -0.4 is 15.8 Å². The third kappa shape index (κ3) is 4.80. The second-order valence-corrected chi connectivity index (χ2v) is 6.99. The van der Waals surface area contributed by atoms with Crippen LogP contribution in [0.3, 0.4) is 0 Å². The minimum atomic E-state index is -3.55. The first kappa shape index (κ1) is 15.9. The number of benzene rings is 1. The molecule has 0 radical (unpaired) electrons. The van der Waals surface area contributed by atoms with Crippen molar-refractivity contribution in [3.8, 4) is 0 Å². The summed E-state index contributed by atoms with van der Waals surface area (Å²) in [6, 6.07) is 6.06. The van der Waals surface area contributed by atoms with E-state index in [2.05, 4.69) is 10.0 Å². The molecule has 6 nitrogen and oxygen atoms in total. The summed E-state index contributed by atoms with van der Waals surface area (Å²) in [6.45, 7) is 1.45. The number of rotatable bonds is 8. The molecule has 1 amide bonds. The van der Waals surface area contributed by atoms with Gasteiger partial charge in [0.15, 0.2) is 0 Å². The Labute approximate surface area is 125 Å². The van der Waals surface area contributed by atoms with E-state index in [9.17, 15) is 13.2 Å². The first-order valence-corrected chi connectivity index (χ1v) is 8.59. The molecule has 7 heteroatoms. The van der Waals surface area contributed by atoms with E-state index in [4.69, 9.17) is 5.73 Å². The molecule has 1 aromatic rings. The maximum atomic E-state index is 12.1. The van der Waals surface area contributed by atoms with E-state index in [1.54, 1.807) is 12.1 Å². The third-order valence-corrected chi connectivity index (χ3v) is 4.75. The largest absolute Gasteiger partial charge is 0.352 e. The van der Waals surface area contributed by atoms with E-state index in [-0.39, 0.29) is 10.8 Å². The van der Waals surface area contributed by atoms with Gasteiger partial charge in [0.1, 0.15) is 0 Å². The maximum absolute atomic E-state index is 12.1. The zero-order chi connectivity index (χ0) is 15.3. The predicted molar refractivity (Wildman–Crippen MR) is 80.4 cm³/mol. The first-order chi connectivity index (χ1) is 10.0. The summed E-state index contributed by atoms with van der Waals surface area (Å²) in [6.07, 6.45) is 2.84. The van der Waals surface area contributed by atoms with Crippen LogP contribution >= 0.6 is 0 Å². The number of nitrogens with one attached hydrogen (secondary N) is 2.